The number of hydrogen-bond acceptors (Lipinski definition) is 3. The largest absolute Gasteiger partial charge is 0.382 e. The molecule has 6 nitrogen and oxygen atoms in total. The molecule has 0 heterocycles. The molecule has 1 fully saturated rings. The van der Waals surface area contributed by atoms with Crippen LogP contribution < -0.4 is 10.6 Å². The summed E-state index contributed by atoms with van der Waals surface area (Å²) in [7, 11) is 3.51. The van der Waals surface area contributed by atoms with E-state index in [1.807, 2.05) is 6.92 Å². The van der Waals surface area contributed by atoms with E-state index in [2.05, 4.69) is 22.5 Å². The summed E-state index contributed by atoms with van der Waals surface area (Å²) in [5.74, 6) is 1.51. The molecule has 1 aliphatic carbocycles. The van der Waals surface area contributed by atoms with Crippen molar-refractivity contribution in [1.29, 1.82) is 0 Å². The molecule has 0 aliphatic heterocycles. The average molecular weight is 454 g/mol. The van der Waals surface area contributed by atoms with Gasteiger partial charge in [0.15, 0.2) is 5.96 Å². The molecule has 0 aromatic rings. The fraction of sp³-hybridized carbons (Fsp3) is 0.882. The number of aliphatic imine (C=N–C) groups is 1. The van der Waals surface area contributed by atoms with Gasteiger partial charge in [0.05, 0.1) is 0 Å². The molecule has 0 bridgehead atoms. The van der Waals surface area contributed by atoms with Gasteiger partial charge in [0.2, 0.25) is 5.91 Å². The van der Waals surface area contributed by atoms with Crippen LogP contribution in [0.2, 0.25) is 0 Å². The van der Waals surface area contributed by atoms with E-state index in [0.29, 0.717) is 6.04 Å². The third-order valence-corrected chi connectivity index (χ3v) is 4.11. The number of likely N-dealkylation sites (N-methyl/N-ethyl adjacent to an activating group) is 1. The molecule has 1 aliphatic rings. The fourth-order valence-corrected chi connectivity index (χ4v) is 2.72. The van der Waals surface area contributed by atoms with Crippen molar-refractivity contribution in [3.8, 4) is 0 Å². The van der Waals surface area contributed by atoms with Gasteiger partial charge in [0, 0.05) is 39.9 Å². The molecule has 2 unspecified atom stereocenters. The minimum Gasteiger partial charge on any atom is -0.382 e. The zero-order valence-electron chi connectivity index (χ0n) is 15.6. The van der Waals surface area contributed by atoms with Crippen LogP contribution >= 0.6 is 24.0 Å². The third kappa shape index (κ3) is 10.3. The summed E-state index contributed by atoms with van der Waals surface area (Å²) in [5, 5.41) is 6.82. The van der Waals surface area contributed by atoms with Crippen molar-refractivity contribution >= 4 is 35.8 Å². The van der Waals surface area contributed by atoms with Gasteiger partial charge >= 0.3 is 0 Å². The molecule has 0 aromatic carbocycles. The van der Waals surface area contributed by atoms with E-state index in [1.54, 1.807) is 19.0 Å². The molecule has 1 saturated carbocycles. The molecule has 1 amide bonds. The van der Waals surface area contributed by atoms with Gasteiger partial charge in [-0.25, -0.2) is 4.99 Å². The first-order valence-corrected chi connectivity index (χ1v) is 8.85. The second-order valence-electron chi connectivity index (χ2n) is 6.54. The van der Waals surface area contributed by atoms with Crippen LogP contribution in [0.5, 0.6) is 0 Å². The van der Waals surface area contributed by atoms with Crippen LogP contribution in [0.3, 0.4) is 0 Å². The summed E-state index contributed by atoms with van der Waals surface area (Å²) in [6.07, 6.45) is 5.84. The molecule has 142 valence electrons. The van der Waals surface area contributed by atoms with Crippen molar-refractivity contribution in [3.63, 3.8) is 0 Å². The quantitative estimate of drug-likeness (QED) is 0.256. The number of ether oxygens (including phenoxy) is 1. The summed E-state index contributed by atoms with van der Waals surface area (Å²) < 4.78 is 5.35. The Morgan fingerprint density at radius 3 is 2.71 bits per heavy atom. The molecule has 2 atom stereocenters. The minimum absolute atomic E-state index is 0. The summed E-state index contributed by atoms with van der Waals surface area (Å²) in [6, 6.07) is 0.450. The maximum absolute atomic E-state index is 11.7. The highest BCUT2D eigenvalue weighted by atomic mass is 127. The predicted molar refractivity (Wildman–Crippen MR) is 110 cm³/mol. The summed E-state index contributed by atoms with van der Waals surface area (Å²) >= 11 is 0. The van der Waals surface area contributed by atoms with Gasteiger partial charge in [-0.2, -0.15) is 0 Å². The van der Waals surface area contributed by atoms with Crippen molar-refractivity contribution in [1.82, 2.24) is 15.5 Å². The second kappa shape index (κ2) is 13.7. The van der Waals surface area contributed by atoms with E-state index in [0.717, 1.165) is 38.1 Å². The number of nitrogens with zero attached hydrogens (tertiary/aromatic N) is 2. The van der Waals surface area contributed by atoms with Crippen molar-refractivity contribution < 1.29 is 9.53 Å². The molecule has 0 spiro atoms. The zero-order valence-corrected chi connectivity index (χ0v) is 18.0. The Morgan fingerprint density at radius 1 is 1.33 bits per heavy atom. The fourth-order valence-electron chi connectivity index (χ4n) is 2.72. The number of hydrogen-bond donors (Lipinski definition) is 2. The Labute approximate surface area is 164 Å². The SMILES string of the molecule is CCOCCCNC(=NCC(=O)N(C)C)NC1CCCC(C)C1.I. The lowest BCUT2D eigenvalue weighted by Gasteiger charge is -2.29. The maximum atomic E-state index is 11.7. The van der Waals surface area contributed by atoms with Crippen molar-refractivity contribution in [3.05, 3.63) is 0 Å². The van der Waals surface area contributed by atoms with Crippen molar-refractivity contribution in [2.45, 2.75) is 52.0 Å². The second-order valence-corrected chi connectivity index (χ2v) is 6.54. The highest BCUT2D eigenvalue weighted by molar-refractivity contribution is 14.0. The Hall–Kier alpha value is -0.570. The number of carbonyl (C=O) groups excluding carboxylic acids is 1. The smallest absolute Gasteiger partial charge is 0.243 e. The standard InChI is InChI=1S/C17H34N4O2.HI/c1-5-23-11-7-10-18-17(19-13-16(22)21(3)4)20-15-9-6-8-14(2)12-15;/h14-15H,5-13H2,1-4H3,(H2,18,19,20);1H. The van der Waals surface area contributed by atoms with Gasteiger partial charge in [-0.1, -0.05) is 19.8 Å². The highest BCUT2D eigenvalue weighted by Gasteiger charge is 2.19. The number of carbonyl (C=O) groups is 1. The normalized spacial score (nSPS) is 20.9. The summed E-state index contributed by atoms with van der Waals surface area (Å²) in [4.78, 5) is 17.8. The molecule has 7 heteroatoms. The lowest BCUT2D eigenvalue weighted by molar-refractivity contribution is -0.127. The molecular weight excluding hydrogens is 419 g/mol. The Morgan fingerprint density at radius 2 is 2.08 bits per heavy atom. The first-order valence-electron chi connectivity index (χ1n) is 8.85. The zero-order chi connectivity index (χ0) is 17.1. The topological polar surface area (TPSA) is 66.0 Å². The van der Waals surface area contributed by atoms with Crippen LogP contribution in [0.1, 0.15) is 46.0 Å². The predicted octanol–water partition coefficient (Wildman–Crippen LogP) is 2.23. The van der Waals surface area contributed by atoms with Crippen LogP contribution in [-0.2, 0) is 9.53 Å². The van der Waals surface area contributed by atoms with Gasteiger partial charge < -0.3 is 20.3 Å². The number of halogens is 1. The summed E-state index contributed by atoms with van der Waals surface area (Å²) in [5.41, 5.74) is 0. The van der Waals surface area contributed by atoms with E-state index >= 15 is 0 Å². The number of guanidine groups is 1. The Kier molecular flexibility index (Phi) is 13.4. The third-order valence-electron chi connectivity index (χ3n) is 4.11. The van der Waals surface area contributed by atoms with Gasteiger partial charge in [0.1, 0.15) is 6.54 Å². The van der Waals surface area contributed by atoms with Crippen LogP contribution in [0.4, 0.5) is 0 Å². The van der Waals surface area contributed by atoms with Gasteiger partial charge in [0.25, 0.3) is 0 Å². The van der Waals surface area contributed by atoms with E-state index in [4.69, 9.17) is 4.74 Å². The molecule has 0 radical (unpaired) electrons. The highest BCUT2D eigenvalue weighted by Crippen LogP contribution is 2.23. The van der Waals surface area contributed by atoms with Gasteiger partial charge in [-0.15, -0.1) is 24.0 Å². The first-order chi connectivity index (χ1) is 11.0. The maximum Gasteiger partial charge on any atom is 0.243 e. The lowest BCUT2D eigenvalue weighted by atomic mass is 9.87. The molecule has 0 saturated heterocycles. The summed E-state index contributed by atoms with van der Waals surface area (Å²) in [6.45, 7) is 6.76. The van der Waals surface area contributed by atoms with Crippen molar-refractivity contribution in [2.24, 2.45) is 10.9 Å². The Bertz CT molecular complexity index is 378. The Balaban J connectivity index is 0.00000529. The van der Waals surface area contributed by atoms with Gasteiger partial charge in [-0.3, -0.25) is 4.79 Å². The van der Waals surface area contributed by atoms with Crippen LogP contribution in [0.15, 0.2) is 4.99 Å². The molecule has 1 rings (SSSR count). The van der Waals surface area contributed by atoms with E-state index < -0.39 is 0 Å². The average Bonchev–Trinajstić information content (AvgIpc) is 2.51. The van der Waals surface area contributed by atoms with Crippen LogP contribution in [-0.4, -0.2) is 63.2 Å². The van der Waals surface area contributed by atoms with Crippen molar-refractivity contribution in [2.75, 3.05) is 40.4 Å². The van der Waals surface area contributed by atoms with E-state index in [-0.39, 0.29) is 36.4 Å². The van der Waals surface area contributed by atoms with Crippen LogP contribution in [0, 0.1) is 5.92 Å². The van der Waals surface area contributed by atoms with Crippen LogP contribution in [0.25, 0.3) is 0 Å². The van der Waals surface area contributed by atoms with E-state index in [9.17, 15) is 4.79 Å². The van der Waals surface area contributed by atoms with E-state index in [1.165, 1.54) is 25.7 Å². The van der Waals surface area contributed by atoms with Gasteiger partial charge in [-0.05, 0) is 32.1 Å². The first kappa shape index (κ1) is 23.4. The molecule has 0 aromatic heterocycles. The molecular formula is C17H35IN4O2. The molecule has 24 heavy (non-hydrogen) atoms. The number of rotatable bonds is 8. The lowest BCUT2D eigenvalue weighted by Crippen LogP contribution is -2.46. The minimum atomic E-state index is 0. The molecule has 2 N–H and O–H groups in total. The number of nitrogens with one attached hydrogen (secondary N) is 2. The monoisotopic (exact) mass is 454 g/mol. The number of amides is 1.